The molecule has 1 aromatic heterocycles. The maximum atomic E-state index is 12.9. The van der Waals surface area contributed by atoms with Crippen LogP contribution in [0.5, 0.6) is 11.5 Å². The number of rotatable bonds is 7. The summed E-state index contributed by atoms with van der Waals surface area (Å²) in [4.78, 5) is 14.7. The SMILES string of the molecule is COc1ccc(C2CCCN2C(=O)CN(C)S(=O)(=O)c2cccs2)cc1OC. The van der Waals surface area contributed by atoms with Crippen LogP contribution in [0.3, 0.4) is 0 Å². The highest BCUT2D eigenvalue weighted by Crippen LogP contribution is 2.37. The second kappa shape index (κ2) is 8.50. The molecule has 2 heterocycles. The summed E-state index contributed by atoms with van der Waals surface area (Å²) in [6, 6.07) is 8.74. The first-order valence-electron chi connectivity index (χ1n) is 8.89. The Hall–Kier alpha value is -2.10. The van der Waals surface area contributed by atoms with Gasteiger partial charge in [-0.1, -0.05) is 12.1 Å². The Morgan fingerprint density at radius 2 is 2.00 bits per heavy atom. The first-order valence-corrected chi connectivity index (χ1v) is 11.2. The first kappa shape index (κ1) is 20.6. The van der Waals surface area contributed by atoms with Crippen molar-refractivity contribution in [2.75, 3.05) is 34.4 Å². The van der Waals surface area contributed by atoms with E-state index in [-0.39, 0.29) is 22.7 Å². The topological polar surface area (TPSA) is 76.2 Å². The Balaban J connectivity index is 1.76. The highest BCUT2D eigenvalue weighted by atomic mass is 32.2. The molecule has 1 atom stereocenters. The summed E-state index contributed by atoms with van der Waals surface area (Å²) in [6.45, 7) is 0.411. The summed E-state index contributed by atoms with van der Waals surface area (Å²) in [6.07, 6.45) is 1.69. The number of sulfonamides is 1. The van der Waals surface area contributed by atoms with E-state index in [0.717, 1.165) is 34.0 Å². The third-order valence-electron chi connectivity index (χ3n) is 4.88. The van der Waals surface area contributed by atoms with Gasteiger partial charge in [-0.3, -0.25) is 4.79 Å². The van der Waals surface area contributed by atoms with E-state index in [4.69, 9.17) is 9.47 Å². The van der Waals surface area contributed by atoms with Gasteiger partial charge in [0.05, 0.1) is 26.8 Å². The fourth-order valence-corrected chi connectivity index (χ4v) is 5.72. The van der Waals surface area contributed by atoms with Crippen LogP contribution >= 0.6 is 11.3 Å². The lowest BCUT2D eigenvalue weighted by molar-refractivity contribution is -0.132. The minimum absolute atomic E-state index is 0.106. The molecule has 3 rings (SSSR count). The molecule has 2 aromatic rings. The minimum atomic E-state index is -3.65. The number of carbonyl (C=O) groups is 1. The number of ether oxygens (including phenoxy) is 2. The molecule has 0 bridgehead atoms. The van der Waals surface area contributed by atoms with Gasteiger partial charge >= 0.3 is 0 Å². The predicted molar refractivity (Wildman–Crippen MR) is 107 cm³/mol. The maximum absolute atomic E-state index is 12.9. The minimum Gasteiger partial charge on any atom is -0.493 e. The summed E-state index contributed by atoms with van der Waals surface area (Å²) < 4.78 is 37.2. The summed E-state index contributed by atoms with van der Waals surface area (Å²) in [5.74, 6) is 1.03. The molecule has 1 aromatic carbocycles. The maximum Gasteiger partial charge on any atom is 0.252 e. The van der Waals surface area contributed by atoms with Crippen molar-refractivity contribution >= 4 is 27.3 Å². The highest BCUT2D eigenvalue weighted by Gasteiger charge is 2.33. The van der Waals surface area contributed by atoms with Gasteiger partial charge in [-0.05, 0) is 42.0 Å². The van der Waals surface area contributed by atoms with Crippen molar-refractivity contribution < 1.29 is 22.7 Å². The molecule has 1 aliphatic heterocycles. The van der Waals surface area contributed by atoms with Crippen molar-refractivity contribution in [3.8, 4) is 11.5 Å². The van der Waals surface area contributed by atoms with Gasteiger partial charge in [-0.2, -0.15) is 4.31 Å². The van der Waals surface area contributed by atoms with E-state index in [1.54, 1.807) is 36.6 Å². The normalized spacial score (nSPS) is 17.1. The van der Waals surface area contributed by atoms with E-state index < -0.39 is 10.0 Å². The number of likely N-dealkylation sites (N-methyl/N-ethyl adjacent to an activating group) is 1. The number of benzene rings is 1. The molecule has 1 aliphatic rings. The van der Waals surface area contributed by atoms with E-state index in [2.05, 4.69) is 0 Å². The van der Waals surface area contributed by atoms with Crippen molar-refractivity contribution in [2.24, 2.45) is 0 Å². The lowest BCUT2D eigenvalue weighted by Crippen LogP contribution is -2.40. The summed E-state index contributed by atoms with van der Waals surface area (Å²) in [5, 5.41) is 1.70. The number of methoxy groups -OCH3 is 2. The number of hydrogen-bond donors (Lipinski definition) is 0. The third-order valence-corrected chi connectivity index (χ3v) is 8.06. The molecule has 9 heteroatoms. The van der Waals surface area contributed by atoms with Crippen molar-refractivity contribution in [3.05, 3.63) is 41.3 Å². The Kier molecular flexibility index (Phi) is 6.26. The number of likely N-dealkylation sites (tertiary alicyclic amines) is 1. The fraction of sp³-hybridized carbons (Fsp3) is 0.421. The molecular weight excluding hydrogens is 400 g/mol. The molecule has 1 unspecified atom stereocenters. The van der Waals surface area contributed by atoms with Crippen LogP contribution in [-0.2, 0) is 14.8 Å². The molecule has 1 saturated heterocycles. The smallest absolute Gasteiger partial charge is 0.252 e. The monoisotopic (exact) mass is 424 g/mol. The van der Waals surface area contributed by atoms with Crippen molar-refractivity contribution in [3.63, 3.8) is 0 Å². The zero-order valence-corrected chi connectivity index (χ0v) is 17.8. The molecule has 0 saturated carbocycles. The Morgan fingerprint density at radius 3 is 2.64 bits per heavy atom. The van der Waals surface area contributed by atoms with Gasteiger partial charge in [0.2, 0.25) is 5.91 Å². The van der Waals surface area contributed by atoms with Gasteiger partial charge in [-0.25, -0.2) is 8.42 Å². The third kappa shape index (κ3) is 4.01. The molecule has 0 spiro atoms. The molecule has 1 amide bonds. The van der Waals surface area contributed by atoms with Crippen LogP contribution in [0.1, 0.15) is 24.4 Å². The number of hydrogen-bond acceptors (Lipinski definition) is 6. The standard InChI is InChI=1S/C19H24N2O5S2/c1-20(28(23,24)19-7-5-11-27-19)13-18(22)21-10-4-6-15(21)14-8-9-16(25-2)17(12-14)26-3/h5,7-9,11-12,15H,4,6,10,13H2,1-3H3. The molecular formula is C19H24N2O5S2. The lowest BCUT2D eigenvalue weighted by Gasteiger charge is -2.27. The van der Waals surface area contributed by atoms with Crippen LogP contribution in [0.15, 0.2) is 39.9 Å². The predicted octanol–water partition coefficient (Wildman–Crippen LogP) is 2.75. The van der Waals surface area contributed by atoms with Gasteiger partial charge in [0.25, 0.3) is 10.0 Å². The number of carbonyl (C=O) groups excluding carboxylic acids is 1. The summed E-state index contributed by atoms with van der Waals surface area (Å²) >= 11 is 1.14. The highest BCUT2D eigenvalue weighted by molar-refractivity contribution is 7.91. The number of thiophene rings is 1. The Bertz CT molecular complexity index is 928. The molecule has 1 fully saturated rings. The molecule has 0 aliphatic carbocycles. The van der Waals surface area contributed by atoms with E-state index in [9.17, 15) is 13.2 Å². The molecule has 0 radical (unpaired) electrons. The largest absolute Gasteiger partial charge is 0.493 e. The fourth-order valence-electron chi connectivity index (χ4n) is 3.40. The van der Waals surface area contributed by atoms with E-state index in [1.807, 2.05) is 18.2 Å². The molecule has 0 N–H and O–H groups in total. The van der Waals surface area contributed by atoms with E-state index >= 15 is 0 Å². The van der Waals surface area contributed by atoms with Gasteiger partial charge in [0, 0.05) is 13.6 Å². The van der Waals surface area contributed by atoms with Crippen LogP contribution in [0.2, 0.25) is 0 Å². The second-order valence-corrected chi connectivity index (χ2v) is 9.77. The van der Waals surface area contributed by atoms with Crippen molar-refractivity contribution in [1.82, 2.24) is 9.21 Å². The second-order valence-electron chi connectivity index (χ2n) is 6.55. The van der Waals surface area contributed by atoms with Gasteiger partial charge < -0.3 is 14.4 Å². The zero-order valence-electron chi connectivity index (χ0n) is 16.1. The van der Waals surface area contributed by atoms with Crippen molar-refractivity contribution in [2.45, 2.75) is 23.1 Å². The molecule has 152 valence electrons. The average molecular weight is 425 g/mol. The van der Waals surface area contributed by atoms with Crippen LogP contribution < -0.4 is 9.47 Å². The number of nitrogens with zero attached hydrogens (tertiary/aromatic N) is 2. The van der Waals surface area contributed by atoms with Crippen molar-refractivity contribution in [1.29, 1.82) is 0 Å². The quantitative estimate of drug-likeness (QED) is 0.683. The number of amides is 1. The summed E-state index contributed by atoms with van der Waals surface area (Å²) in [7, 11) is 0.934. The van der Waals surface area contributed by atoms with E-state index in [0.29, 0.717) is 18.0 Å². The molecule has 7 nitrogen and oxygen atoms in total. The lowest BCUT2D eigenvalue weighted by atomic mass is 10.0. The van der Waals surface area contributed by atoms with E-state index in [1.165, 1.54) is 7.05 Å². The van der Waals surface area contributed by atoms with Gasteiger partial charge in [-0.15, -0.1) is 11.3 Å². The van der Waals surface area contributed by atoms with Gasteiger partial charge in [0.1, 0.15) is 4.21 Å². The van der Waals surface area contributed by atoms with Crippen LogP contribution in [0.4, 0.5) is 0 Å². The Labute approximate surface area is 169 Å². The van der Waals surface area contributed by atoms with Crippen LogP contribution in [-0.4, -0.2) is 57.9 Å². The first-order chi connectivity index (χ1) is 13.4. The zero-order chi connectivity index (χ0) is 20.3. The summed E-state index contributed by atoms with van der Waals surface area (Å²) in [5.41, 5.74) is 0.951. The average Bonchev–Trinajstić information content (AvgIpc) is 3.39. The van der Waals surface area contributed by atoms with Gasteiger partial charge in [0.15, 0.2) is 11.5 Å². The Morgan fingerprint density at radius 1 is 1.25 bits per heavy atom. The molecule has 28 heavy (non-hydrogen) atoms. The van der Waals surface area contributed by atoms with Crippen LogP contribution in [0.25, 0.3) is 0 Å². The van der Waals surface area contributed by atoms with Crippen LogP contribution in [0, 0.1) is 0 Å².